The number of carbonyl (C=O) groups is 3. The number of fused-ring (bicyclic) bond motifs is 1. The number of benzene rings is 3. The minimum Gasteiger partial charge on any atom is -0.466 e. The summed E-state index contributed by atoms with van der Waals surface area (Å²) in [6.45, 7) is 2.43. The summed E-state index contributed by atoms with van der Waals surface area (Å²) in [7, 11) is 0. The molecule has 0 saturated heterocycles. The third-order valence-corrected chi connectivity index (χ3v) is 7.21. The number of nitrogens with zero attached hydrogens (tertiary/aromatic N) is 1. The molecule has 0 radical (unpaired) electrons. The third-order valence-electron chi connectivity index (χ3n) is 6.47. The molecule has 1 unspecified atom stereocenters. The van der Waals surface area contributed by atoms with E-state index in [1.54, 1.807) is 17.9 Å². The van der Waals surface area contributed by atoms with Gasteiger partial charge in [0.2, 0.25) is 0 Å². The molecule has 6 nitrogen and oxygen atoms in total. The number of carbonyl (C=O) groups excluding carboxylic acids is 3. The van der Waals surface area contributed by atoms with E-state index in [-0.39, 0.29) is 35.9 Å². The number of hydrogen-bond acceptors (Lipinski definition) is 4. The van der Waals surface area contributed by atoms with Gasteiger partial charge >= 0.3 is 5.97 Å². The fourth-order valence-electron chi connectivity index (χ4n) is 4.68. The van der Waals surface area contributed by atoms with E-state index in [4.69, 9.17) is 27.9 Å². The summed E-state index contributed by atoms with van der Waals surface area (Å²) < 4.78 is 5.12. The van der Waals surface area contributed by atoms with Crippen LogP contribution in [0.5, 0.6) is 0 Å². The molecule has 192 valence electrons. The predicted molar refractivity (Wildman–Crippen MR) is 145 cm³/mol. The zero-order valence-corrected chi connectivity index (χ0v) is 22.0. The Kier molecular flexibility index (Phi) is 8.52. The number of nitrogens with one attached hydrogen (secondary N) is 1. The number of ether oxygens (including phenoxy) is 1. The molecule has 0 spiro atoms. The van der Waals surface area contributed by atoms with E-state index in [1.807, 2.05) is 42.5 Å². The molecule has 2 amide bonds. The summed E-state index contributed by atoms with van der Waals surface area (Å²) in [6.07, 6.45) is 1.56. The summed E-state index contributed by atoms with van der Waals surface area (Å²) in [5.41, 5.74) is 1.39. The van der Waals surface area contributed by atoms with Gasteiger partial charge in [-0.1, -0.05) is 71.7 Å². The summed E-state index contributed by atoms with van der Waals surface area (Å²) >= 11 is 12.2. The first kappa shape index (κ1) is 26.7. The van der Waals surface area contributed by atoms with Crippen LogP contribution in [0.2, 0.25) is 10.0 Å². The van der Waals surface area contributed by atoms with Crippen LogP contribution in [0, 0.1) is 0 Å². The molecule has 3 aromatic rings. The van der Waals surface area contributed by atoms with Crippen molar-refractivity contribution in [1.82, 2.24) is 5.32 Å². The van der Waals surface area contributed by atoms with Crippen LogP contribution in [-0.2, 0) is 26.3 Å². The Balaban J connectivity index is 1.65. The molecule has 0 aromatic heterocycles. The lowest BCUT2D eigenvalue weighted by molar-refractivity contribution is -0.143. The van der Waals surface area contributed by atoms with Gasteiger partial charge in [0.1, 0.15) is 5.54 Å². The minimum absolute atomic E-state index is 0.0343. The number of aryl methyl sites for hydroxylation is 1. The van der Waals surface area contributed by atoms with Crippen LogP contribution >= 0.6 is 23.2 Å². The van der Waals surface area contributed by atoms with Crippen LogP contribution in [0.3, 0.4) is 0 Å². The van der Waals surface area contributed by atoms with Gasteiger partial charge in [-0.3, -0.25) is 14.4 Å². The first-order valence-electron chi connectivity index (χ1n) is 12.2. The average Bonchev–Trinajstić information content (AvgIpc) is 3.13. The van der Waals surface area contributed by atoms with Gasteiger partial charge in [-0.05, 0) is 56.0 Å². The summed E-state index contributed by atoms with van der Waals surface area (Å²) in [5.74, 6) is -1.20. The van der Waals surface area contributed by atoms with E-state index < -0.39 is 17.4 Å². The van der Waals surface area contributed by atoms with Crippen molar-refractivity contribution in [2.24, 2.45) is 0 Å². The smallest absolute Gasteiger partial charge is 0.305 e. The average molecular weight is 539 g/mol. The van der Waals surface area contributed by atoms with E-state index >= 15 is 0 Å². The van der Waals surface area contributed by atoms with E-state index in [0.29, 0.717) is 17.1 Å². The van der Waals surface area contributed by atoms with Crippen LogP contribution < -0.4 is 10.2 Å². The van der Waals surface area contributed by atoms with Crippen molar-refractivity contribution in [1.29, 1.82) is 0 Å². The molecule has 0 aliphatic carbocycles. The molecule has 8 heteroatoms. The summed E-state index contributed by atoms with van der Waals surface area (Å²) in [5, 5.41) is 3.51. The van der Waals surface area contributed by atoms with Crippen molar-refractivity contribution in [3.8, 4) is 0 Å². The Bertz CT molecular complexity index is 1300. The van der Waals surface area contributed by atoms with Crippen molar-refractivity contribution in [2.45, 2.75) is 38.1 Å². The number of esters is 1. The largest absolute Gasteiger partial charge is 0.466 e. The van der Waals surface area contributed by atoms with Crippen molar-refractivity contribution >= 4 is 46.7 Å². The van der Waals surface area contributed by atoms with Gasteiger partial charge in [0.15, 0.2) is 0 Å². The van der Waals surface area contributed by atoms with Crippen molar-refractivity contribution in [2.75, 3.05) is 18.1 Å². The molecule has 1 aliphatic rings. The number of rotatable bonds is 10. The number of anilines is 1. The summed E-state index contributed by atoms with van der Waals surface area (Å²) in [4.78, 5) is 41.5. The molecule has 0 fully saturated rings. The minimum atomic E-state index is -1.43. The van der Waals surface area contributed by atoms with Crippen LogP contribution in [0.1, 0.15) is 47.7 Å². The maximum atomic E-state index is 14.1. The number of halogens is 2. The predicted octanol–water partition coefficient (Wildman–Crippen LogP) is 5.94. The monoisotopic (exact) mass is 538 g/mol. The van der Waals surface area contributed by atoms with E-state index in [0.717, 1.165) is 18.5 Å². The van der Waals surface area contributed by atoms with Gasteiger partial charge in [-0.2, -0.15) is 0 Å². The van der Waals surface area contributed by atoms with Crippen LogP contribution in [-0.4, -0.2) is 30.9 Å². The van der Waals surface area contributed by atoms with Gasteiger partial charge in [-0.15, -0.1) is 0 Å². The molecule has 37 heavy (non-hydrogen) atoms. The topological polar surface area (TPSA) is 75.7 Å². The molecule has 0 saturated carbocycles. The Labute approximate surface area is 226 Å². The lowest BCUT2D eigenvalue weighted by atomic mass is 9.86. The molecule has 1 atom stereocenters. The van der Waals surface area contributed by atoms with Crippen molar-refractivity contribution < 1.29 is 19.1 Å². The Hall–Kier alpha value is -3.35. The van der Waals surface area contributed by atoms with Gasteiger partial charge < -0.3 is 15.0 Å². The second kappa shape index (κ2) is 11.8. The van der Waals surface area contributed by atoms with Crippen LogP contribution in [0.25, 0.3) is 0 Å². The number of para-hydroxylation sites is 1. The highest BCUT2D eigenvalue weighted by molar-refractivity contribution is 6.42. The standard InChI is InChI=1S/C29H28Cl2N2O4/c1-2-37-26(34)16-17-29(32-27(35)21-14-15-23(30)24(31)19-21)22-12-6-7-13-25(22)33(28(29)36)18-8-11-20-9-4-3-5-10-20/h3-7,9-10,12-15,19H,2,8,11,16-18H2,1H3,(H,32,35). The number of hydrogen-bond donors (Lipinski definition) is 1. The highest BCUT2D eigenvalue weighted by Crippen LogP contribution is 2.43. The van der Waals surface area contributed by atoms with E-state index in [1.165, 1.54) is 17.7 Å². The SMILES string of the molecule is CCOC(=O)CCC1(NC(=O)c2ccc(Cl)c(Cl)c2)C(=O)N(CCCc2ccccc2)c2ccccc21. The highest BCUT2D eigenvalue weighted by atomic mass is 35.5. The molecule has 4 rings (SSSR count). The van der Waals surface area contributed by atoms with E-state index in [9.17, 15) is 14.4 Å². The van der Waals surface area contributed by atoms with Gasteiger partial charge in [0.05, 0.1) is 16.7 Å². The van der Waals surface area contributed by atoms with Crippen LogP contribution in [0.4, 0.5) is 5.69 Å². The highest BCUT2D eigenvalue weighted by Gasteiger charge is 2.51. The molecular weight excluding hydrogens is 511 g/mol. The lowest BCUT2D eigenvalue weighted by Gasteiger charge is -2.30. The van der Waals surface area contributed by atoms with Gasteiger partial charge in [0, 0.05) is 29.8 Å². The van der Waals surface area contributed by atoms with Gasteiger partial charge in [0.25, 0.3) is 11.8 Å². The molecular formula is C29H28Cl2N2O4. The maximum absolute atomic E-state index is 14.1. The van der Waals surface area contributed by atoms with Crippen LogP contribution in [0.15, 0.2) is 72.8 Å². The molecule has 3 aromatic carbocycles. The first-order valence-corrected chi connectivity index (χ1v) is 13.0. The Morgan fingerprint density at radius 2 is 1.70 bits per heavy atom. The van der Waals surface area contributed by atoms with Crippen molar-refractivity contribution in [3.63, 3.8) is 0 Å². The fourth-order valence-corrected chi connectivity index (χ4v) is 4.98. The normalized spacial score (nSPS) is 16.4. The molecule has 0 bridgehead atoms. The Morgan fingerprint density at radius 3 is 2.43 bits per heavy atom. The second-order valence-corrected chi connectivity index (χ2v) is 9.67. The zero-order chi connectivity index (χ0) is 26.4. The van der Waals surface area contributed by atoms with E-state index in [2.05, 4.69) is 17.4 Å². The number of amides is 2. The third kappa shape index (κ3) is 5.81. The maximum Gasteiger partial charge on any atom is 0.305 e. The molecule has 1 N–H and O–H groups in total. The first-order chi connectivity index (χ1) is 17.9. The quantitative estimate of drug-likeness (QED) is 0.324. The lowest BCUT2D eigenvalue weighted by Crippen LogP contribution is -2.53. The van der Waals surface area contributed by atoms with Gasteiger partial charge in [-0.25, -0.2) is 0 Å². The molecule has 1 aliphatic heterocycles. The molecule has 1 heterocycles. The second-order valence-electron chi connectivity index (χ2n) is 8.86. The fraction of sp³-hybridized carbons (Fsp3) is 0.276. The van der Waals surface area contributed by atoms with Crippen molar-refractivity contribution in [3.05, 3.63) is 99.5 Å². The Morgan fingerprint density at radius 1 is 0.973 bits per heavy atom. The zero-order valence-electron chi connectivity index (χ0n) is 20.5. The summed E-state index contributed by atoms with van der Waals surface area (Å²) in [6, 6.07) is 22.0.